The average Bonchev–Trinajstić information content (AvgIpc) is 2.62. The number of rotatable bonds is 4. The van der Waals surface area contributed by atoms with Crippen LogP contribution in [0.1, 0.15) is 37.9 Å². The molecule has 2 amide bonds. The van der Waals surface area contributed by atoms with Gasteiger partial charge in [0.25, 0.3) is 0 Å². The molecule has 1 aliphatic heterocycles. The third-order valence-electron chi connectivity index (χ3n) is 4.06. The minimum absolute atomic E-state index is 0.00998. The van der Waals surface area contributed by atoms with Crippen LogP contribution in [0, 0.1) is 12.8 Å². The van der Waals surface area contributed by atoms with Gasteiger partial charge in [-0.15, -0.1) is 0 Å². The van der Waals surface area contributed by atoms with Crippen LogP contribution in [0.3, 0.4) is 0 Å². The van der Waals surface area contributed by atoms with Crippen molar-refractivity contribution in [2.75, 3.05) is 6.54 Å². The zero-order chi connectivity index (χ0) is 15.4. The van der Waals surface area contributed by atoms with Crippen LogP contribution >= 0.6 is 0 Å². The maximum atomic E-state index is 12.7. The van der Waals surface area contributed by atoms with Crippen molar-refractivity contribution in [3.63, 3.8) is 0 Å². The van der Waals surface area contributed by atoms with E-state index in [2.05, 4.69) is 10.3 Å². The smallest absolute Gasteiger partial charge is 0.245 e. The lowest BCUT2D eigenvalue weighted by molar-refractivity contribution is -0.135. The van der Waals surface area contributed by atoms with Gasteiger partial charge in [0.15, 0.2) is 0 Å². The second kappa shape index (κ2) is 6.70. The molecule has 0 saturated carbocycles. The van der Waals surface area contributed by atoms with Gasteiger partial charge in [0.1, 0.15) is 6.04 Å². The summed E-state index contributed by atoms with van der Waals surface area (Å²) >= 11 is 0. The van der Waals surface area contributed by atoms with Gasteiger partial charge in [-0.1, -0.05) is 26.3 Å². The van der Waals surface area contributed by atoms with Crippen molar-refractivity contribution in [3.8, 4) is 0 Å². The topological polar surface area (TPSA) is 62.3 Å². The largest absolute Gasteiger partial charge is 0.344 e. The van der Waals surface area contributed by atoms with E-state index in [0.717, 1.165) is 17.7 Å². The number of pyridine rings is 1. The Morgan fingerprint density at radius 3 is 2.81 bits per heavy atom. The highest BCUT2D eigenvalue weighted by atomic mass is 16.2. The summed E-state index contributed by atoms with van der Waals surface area (Å²) in [5.41, 5.74) is 1.95. The number of nitrogens with one attached hydrogen (secondary N) is 1. The lowest BCUT2D eigenvalue weighted by Gasteiger charge is -2.27. The summed E-state index contributed by atoms with van der Waals surface area (Å²) in [5.74, 6) is 0.104. The summed E-state index contributed by atoms with van der Waals surface area (Å²) in [6, 6.07) is 3.50. The summed E-state index contributed by atoms with van der Waals surface area (Å²) in [4.78, 5) is 30.5. The molecule has 2 rings (SSSR count). The molecule has 21 heavy (non-hydrogen) atoms. The summed E-state index contributed by atoms with van der Waals surface area (Å²) in [5, 5.41) is 2.86. The molecule has 5 nitrogen and oxygen atoms in total. The van der Waals surface area contributed by atoms with E-state index in [-0.39, 0.29) is 17.7 Å². The average molecular weight is 289 g/mol. The summed E-state index contributed by atoms with van der Waals surface area (Å²) < 4.78 is 0. The van der Waals surface area contributed by atoms with Crippen LogP contribution in [0.15, 0.2) is 18.3 Å². The van der Waals surface area contributed by atoms with Gasteiger partial charge in [-0.25, -0.2) is 0 Å². The number of carbonyl (C=O) groups is 2. The number of aryl methyl sites for hydroxylation is 1. The fraction of sp³-hybridized carbons (Fsp3) is 0.562. The lowest BCUT2D eigenvalue weighted by atomic mass is 9.98. The van der Waals surface area contributed by atoms with Crippen LogP contribution in [-0.4, -0.2) is 34.3 Å². The number of hydrogen-bond acceptors (Lipinski definition) is 3. The quantitative estimate of drug-likeness (QED) is 0.917. The Kier molecular flexibility index (Phi) is 4.94. The number of hydrogen-bond donors (Lipinski definition) is 1. The molecule has 0 radical (unpaired) electrons. The standard InChI is InChI=1S/C16H23N3O2/c1-4-11(2)15-16(21)19(8-7-14(20)18-15)10-13-6-5-12(3)17-9-13/h5-6,9,11,15H,4,7-8,10H2,1-3H3,(H,18,20). The molecule has 1 N–H and O–H groups in total. The number of carbonyl (C=O) groups excluding carboxylic acids is 2. The van der Waals surface area contributed by atoms with Crippen molar-refractivity contribution < 1.29 is 9.59 Å². The summed E-state index contributed by atoms with van der Waals surface area (Å²) in [6.07, 6.45) is 3.01. The maximum absolute atomic E-state index is 12.7. The molecule has 0 bridgehead atoms. The van der Waals surface area contributed by atoms with Crippen LogP contribution in [0.4, 0.5) is 0 Å². The van der Waals surface area contributed by atoms with Crippen LogP contribution in [-0.2, 0) is 16.1 Å². The minimum Gasteiger partial charge on any atom is -0.344 e. The van der Waals surface area contributed by atoms with Gasteiger partial charge in [0, 0.05) is 31.4 Å². The molecule has 2 atom stereocenters. The normalized spacial score (nSPS) is 20.9. The molecule has 2 unspecified atom stereocenters. The van der Waals surface area contributed by atoms with Crippen LogP contribution in [0.25, 0.3) is 0 Å². The first kappa shape index (κ1) is 15.5. The van der Waals surface area contributed by atoms with Crippen molar-refractivity contribution in [1.29, 1.82) is 0 Å². The van der Waals surface area contributed by atoms with Crippen LogP contribution in [0.5, 0.6) is 0 Å². The molecule has 1 saturated heterocycles. The molecule has 114 valence electrons. The van der Waals surface area contributed by atoms with Crippen molar-refractivity contribution in [3.05, 3.63) is 29.6 Å². The van der Waals surface area contributed by atoms with E-state index in [0.29, 0.717) is 19.5 Å². The van der Waals surface area contributed by atoms with Crippen molar-refractivity contribution >= 4 is 11.8 Å². The Morgan fingerprint density at radius 2 is 2.19 bits per heavy atom. The van der Waals surface area contributed by atoms with E-state index in [4.69, 9.17) is 0 Å². The molecule has 0 aromatic carbocycles. The fourth-order valence-corrected chi connectivity index (χ4v) is 2.44. The predicted octanol–water partition coefficient (Wildman–Crippen LogP) is 1.65. The van der Waals surface area contributed by atoms with Gasteiger partial charge in [-0.3, -0.25) is 14.6 Å². The van der Waals surface area contributed by atoms with E-state index in [9.17, 15) is 9.59 Å². The third kappa shape index (κ3) is 3.80. The zero-order valence-corrected chi connectivity index (χ0v) is 12.9. The predicted molar refractivity (Wildman–Crippen MR) is 80.4 cm³/mol. The van der Waals surface area contributed by atoms with Gasteiger partial charge in [0.2, 0.25) is 11.8 Å². The van der Waals surface area contributed by atoms with Crippen molar-refractivity contribution in [1.82, 2.24) is 15.2 Å². The Morgan fingerprint density at radius 1 is 1.43 bits per heavy atom. The summed E-state index contributed by atoms with van der Waals surface area (Å²) in [7, 11) is 0. The fourth-order valence-electron chi connectivity index (χ4n) is 2.44. The van der Waals surface area contributed by atoms with Crippen LogP contribution < -0.4 is 5.32 Å². The van der Waals surface area contributed by atoms with Gasteiger partial charge >= 0.3 is 0 Å². The Balaban J connectivity index is 2.15. The molecular formula is C16H23N3O2. The molecule has 1 aromatic rings. The van der Waals surface area contributed by atoms with E-state index in [1.807, 2.05) is 32.9 Å². The molecule has 0 spiro atoms. The highest BCUT2D eigenvalue weighted by molar-refractivity contribution is 5.90. The monoisotopic (exact) mass is 289 g/mol. The second-order valence-electron chi connectivity index (χ2n) is 5.75. The highest BCUT2D eigenvalue weighted by Crippen LogP contribution is 2.16. The molecule has 1 aromatic heterocycles. The van der Waals surface area contributed by atoms with E-state index >= 15 is 0 Å². The molecule has 1 fully saturated rings. The van der Waals surface area contributed by atoms with Gasteiger partial charge < -0.3 is 10.2 Å². The Bertz CT molecular complexity index is 513. The highest BCUT2D eigenvalue weighted by Gasteiger charge is 2.32. The van der Waals surface area contributed by atoms with Gasteiger partial charge in [-0.05, 0) is 24.5 Å². The van der Waals surface area contributed by atoms with Gasteiger partial charge in [0.05, 0.1) is 0 Å². The zero-order valence-electron chi connectivity index (χ0n) is 12.9. The third-order valence-corrected chi connectivity index (χ3v) is 4.06. The number of amides is 2. The molecule has 1 aliphatic rings. The molecular weight excluding hydrogens is 266 g/mol. The molecule has 0 aliphatic carbocycles. The first-order chi connectivity index (χ1) is 10.0. The Labute approximate surface area is 125 Å². The number of nitrogens with zero attached hydrogens (tertiary/aromatic N) is 2. The Hall–Kier alpha value is -1.91. The van der Waals surface area contributed by atoms with E-state index in [1.54, 1.807) is 11.1 Å². The maximum Gasteiger partial charge on any atom is 0.245 e. The molecule has 5 heteroatoms. The first-order valence-electron chi connectivity index (χ1n) is 7.51. The van der Waals surface area contributed by atoms with Crippen LogP contribution in [0.2, 0.25) is 0 Å². The van der Waals surface area contributed by atoms with Gasteiger partial charge in [-0.2, -0.15) is 0 Å². The SMILES string of the molecule is CCC(C)C1NC(=O)CCN(Cc2ccc(C)nc2)C1=O. The van der Waals surface area contributed by atoms with Crippen molar-refractivity contribution in [2.24, 2.45) is 5.92 Å². The second-order valence-corrected chi connectivity index (χ2v) is 5.75. The minimum atomic E-state index is -0.414. The number of aromatic nitrogens is 1. The van der Waals surface area contributed by atoms with Crippen molar-refractivity contribution in [2.45, 2.75) is 46.2 Å². The summed E-state index contributed by atoms with van der Waals surface area (Å²) in [6.45, 7) is 6.94. The lowest BCUT2D eigenvalue weighted by Crippen LogP contribution is -2.48. The van der Waals surface area contributed by atoms with E-state index < -0.39 is 6.04 Å². The van der Waals surface area contributed by atoms with E-state index in [1.165, 1.54) is 0 Å². The first-order valence-corrected chi connectivity index (χ1v) is 7.51. The molecule has 2 heterocycles.